The highest BCUT2D eigenvalue weighted by Gasteiger charge is 2.19. The van der Waals surface area contributed by atoms with Crippen LogP contribution in [0.3, 0.4) is 0 Å². The van der Waals surface area contributed by atoms with Gasteiger partial charge in [0.2, 0.25) is 0 Å². The van der Waals surface area contributed by atoms with Gasteiger partial charge < -0.3 is 14.2 Å². The molecule has 0 spiro atoms. The Kier molecular flexibility index (Phi) is 38.7. The molecule has 1 atom stereocenters. The van der Waals surface area contributed by atoms with E-state index in [2.05, 4.69) is 93.7 Å². The van der Waals surface area contributed by atoms with E-state index in [0.29, 0.717) is 19.3 Å². The number of hydrogen-bond donors (Lipinski definition) is 0. The van der Waals surface area contributed by atoms with Crippen molar-refractivity contribution in [3.8, 4) is 0 Å². The molecule has 0 aromatic rings. The first kappa shape index (κ1) is 49.6. The molecule has 0 aromatic heterocycles. The van der Waals surface area contributed by atoms with Crippen LogP contribution in [-0.4, -0.2) is 37.2 Å². The van der Waals surface area contributed by atoms with Gasteiger partial charge in [-0.3, -0.25) is 14.4 Å². The van der Waals surface area contributed by atoms with Crippen molar-refractivity contribution >= 4 is 17.9 Å². The van der Waals surface area contributed by atoms with Crippen molar-refractivity contribution in [3.05, 3.63) is 85.1 Å². The topological polar surface area (TPSA) is 78.9 Å². The molecule has 0 N–H and O–H groups in total. The van der Waals surface area contributed by atoms with Crippen molar-refractivity contribution in [2.75, 3.05) is 13.2 Å². The summed E-state index contributed by atoms with van der Waals surface area (Å²) in [6.45, 7) is 6.29. The maximum absolute atomic E-state index is 12.6. The summed E-state index contributed by atoms with van der Waals surface area (Å²) in [6, 6.07) is 0. The molecule has 6 nitrogen and oxygen atoms in total. The van der Waals surface area contributed by atoms with E-state index in [0.717, 1.165) is 103 Å². The van der Waals surface area contributed by atoms with E-state index in [4.69, 9.17) is 14.2 Å². The summed E-state index contributed by atoms with van der Waals surface area (Å²) in [5, 5.41) is 0. The second-order valence-corrected chi connectivity index (χ2v) is 13.5. The SMILES string of the molecule is CC/C=C\C/C=C\C/C=C\C/C=C\C/C=C\C/C=C\CCC(=O)OCC(COC(=O)CCCCCCC)OC(=O)CCCCCCC/C=C\CCCC. The van der Waals surface area contributed by atoms with Gasteiger partial charge in [-0.05, 0) is 77.0 Å². The van der Waals surface area contributed by atoms with Gasteiger partial charge in [0.1, 0.15) is 13.2 Å². The molecule has 300 valence electrons. The zero-order valence-electron chi connectivity index (χ0n) is 34.0. The molecule has 53 heavy (non-hydrogen) atoms. The average molecular weight is 737 g/mol. The first-order chi connectivity index (χ1) is 26.0. The quantitative estimate of drug-likeness (QED) is 0.0276. The van der Waals surface area contributed by atoms with Gasteiger partial charge in [-0.2, -0.15) is 0 Å². The molecule has 1 unspecified atom stereocenters. The van der Waals surface area contributed by atoms with Crippen LogP contribution in [0, 0.1) is 0 Å². The van der Waals surface area contributed by atoms with Crippen LogP contribution >= 0.6 is 0 Å². The monoisotopic (exact) mass is 737 g/mol. The van der Waals surface area contributed by atoms with Crippen LogP contribution in [-0.2, 0) is 28.6 Å². The van der Waals surface area contributed by atoms with Crippen LogP contribution in [0.15, 0.2) is 85.1 Å². The predicted molar refractivity (Wildman–Crippen MR) is 224 cm³/mol. The fourth-order valence-corrected chi connectivity index (χ4v) is 5.21. The molecule has 0 saturated carbocycles. The summed E-state index contributed by atoms with van der Waals surface area (Å²) in [7, 11) is 0. The molecule has 0 aromatic carbocycles. The summed E-state index contributed by atoms with van der Waals surface area (Å²) in [6.07, 6.45) is 51.8. The third kappa shape index (κ3) is 39.6. The highest BCUT2D eigenvalue weighted by Crippen LogP contribution is 2.11. The number of unbranched alkanes of at least 4 members (excludes halogenated alkanes) is 11. The summed E-state index contributed by atoms with van der Waals surface area (Å²) >= 11 is 0. The van der Waals surface area contributed by atoms with Gasteiger partial charge >= 0.3 is 17.9 Å². The van der Waals surface area contributed by atoms with Crippen LogP contribution in [0.25, 0.3) is 0 Å². The Morgan fingerprint density at radius 2 is 0.792 bits per heavy atom. The minimum absolute atomic E-state index is 0.105. The Labute approximate surface area is 325 Å². The third-order valence-electron chi connectivity index (χ3n) is 8.40. The summed E-state index contributed by atoms with van der Waals surface area (Å²) < 4.78 is 16.5. The van der Waals surface area contributed by atoms with E-state index >= 15 is 0 Å². The number of carbonyl (C=O) groups excluding carboxylic acids is 3. The maximum Gasteiger partial charge on any atom is 0.306 e. The zero-order valence-corrected chi connectivity index (χ0v) is 34.0. The summed E-state index contributed by atoms with van der Waals surface area (Å²) in [5.74, 6) is -1.03. The van der Waals surface area contributed by atoms with Crippen LogP contribution in [0.5, 0.6) is 0 Å². The van der Waals surface area contributed by atoms with Crippen molar-refractivity contribution in [2.24, 2.45) is 0 Å². The van der Waals surface area contributed by atoms with Crippen molar-refractivity contribution in [1.82, 2.24) is 0 Å². The second-order valence-electron chi connectivity index (χ2n) is 13.5. The molecule has 0 rings (SSSR count). The Balaban J connectivity index is 4.39. The molecule has 0 aliphatic rings. The zero-order chi connectivity index (χ0) is 38.7. The Hall–Kier alpha value is -3.41. The largest absolute Gasteiger partial charge is 0.462 e. The van der Waals surface area contributed by atoms with Crippen LogP contribution in [0.2, 0.25) is 0 Å². The molecule has 0 amide bonds. The van der Waals surface area contributed by atoms with Crippen molar-refractivity contribution < 1.29 is 28.6 Å². The predicted octanol–water partition coefficient (Wildman–Crippen LogP) is 13.3. The van der Waals surface area contributed by atoms with E-state index in [1.165, 1.54) is 25.7 Å². The first-order valence-electron chi connectivity index (χ1n) is 21.1. The van der Waals surface area contributed by atoms with Crippen LogP contribution in [0.4, 0.5) is 0 Å². The van der Waals surface area contributed by atoms with Gasteiger partial charge in [0.15, 0.2) is 6.10 Å². The molecule has 0 radical (unpaired) electrons. The molecule has 0 saturated heterocycles. The lowest BCUT2D eigenvalue weighted by atomic mass is 10.1. The summed E-state index contributed by atoms with van der Waals surface area (Å²) in [5.41, 5.74) is 0. The van der Waals surface area contributed by atoms with Gasteiger partial charge in [-0.1, -0.05) is 164 Å². The molecule has 0 bridgehead atoms. The minimum Gasteiger partial charge on any atom is -0.462 e. The van der Waals surface area contributed by atoms with E-state index in [-0.39, 0.29) is 37.5 Å². The van der Waals surface area contributed by atoms with Crippen LogP contribution in [0.1, 0.15) is 175 Å². The Morgan fingerprint density at radius 3 is 1.32 bits per heavy atom. The van der Waals surface area contributed by atoms with Crippen molar-refractivity contribution in [3.63, 3.8) is 0 Å². The second kappa shape index (κ2) is 41.3. The highest BCUT2D eigenvalue weighted by atomic mass is 16.6. The van der Waals surface area contributed by atoms with Gasteiger partial charge in [0.05, 0.1) is 0 Å². The normalized spacial score (nSPS) is 12.9. The number of allylic oxidation sites excluding steroid dienone is 14. The van der Waals surface area contributed by atoms with Gasteiger partial charge in [-0.15, -0.1) is 0 Å². The summed E-state index contributed by atoms with van der Waals surface area (Å²) in [4.78, 5) is 37.3. The molecule has 0 heterocycles. The number of esters is 3. The lowest BCUT2D eigenvalue weighted by molar-refractivity contribution is -0.166. The lowest BCUT2D eigenvalue weighted by Crippen LogP contribution is -2.30. The number of ether oxygens (including phenoxy) is 3. The first-order valence-corrected chi connectivity index (χ1v) is 21.1. The highest BCUT2D eigenvalue weighted by molar-refractivity contribution is 5.71. The van der Waals surface area contributed by atoms with Gasteiger partial charge in [-0.25, -0.2) is 0 Å². The minimum atomic E-state index is -0.805. The number of carbonyl (C=O) groups is 3. The van der Waals surface area contributed by atoms with Gasteiger partial charge in [0, 0.05) is 19.3 Å². The molecule has 0 aliphatic heterocycles. The van der Waals surface area contributed by atoms with E-state index in [1.54, 1.807) is 0 Å². The van der Waals surface area contributed by atoms with Crippen molar-refractivity contribution in [1.29, 1.82) is 0 Å². The number of rotatable bonds is 36. The average Bonchev–Trinajstić information content (AvgIpc) is 3.15. The molecular weight excluding hydrogens is 661 g/mol. The van der Waals surface area contributed by atoms with E-state index < -0.39 is 6.10 Å². The third-order valence-corrected chi connectivity index (χ3v) is 8.40. The van der Waals surface area contributed by atoms with E-state index in [9.17, 15) is 14.4 Å². The fourth-order valence-electron chi connectivity index (χ4n) is 5.21. The lowest BCUT2D eigenvalue weighted by Gasteiger charge is -2.18. The molecular formula is C47H76O6. The standard InChI is InChI=1S/C47H76O6/c1-4-7-10-13-15-17-19-20-21-22-23-24-25-26-28-29-31-34-37-40-46(49)52-43-44(42-51-45(48)39-36-33-12-9-6-3)53-47(50)41-38-35-32-30-27-18-16-14-11-8-5-2/h7,10,14-17,20-21,23-24,26,28,31,34,44H,4-6,8-9,11-13,18-19,22,25,27,29-30,32-33,35-43H2,1-3H3/b10-7-,16-14-,17-15-,21-20-,24-23-,28-26-,34-31-. The Bertz CT molecular complexity index is 1080. The van der Waals surface area contributed by atoms with Crippen molar-refractivity contribution in [2.45, 2.75) is 181 Å². The molecule has 0 aliphatic carbocycles. The molecule has 0 fully saturated rings. The van der Waals surface area contributed by atoms with Gasteiger partial charge in [0.25, 0.3) is 0 Å². The maximum atomic E-state index is 12.6. The van der Waals surface area contributed by atoms with Crippen LogP contribution < -0.4 is 0 Å². The Morgan fingerprint density at radius 1 is 0.396 bits per heavy atom. The molecule has 6 heteroatoms. The van der Waals surface area contributed by atoms with E-state index in [1.807, 2.05) is 12.2 Å². The number of hydrogen-bond acceptors (Lipinski definition) is 6. The fraction of sp³-hybridized carbons (Fsp3) is 0.638. The smallest absolute Gasteiger partial charge is 0.306 e.